The Labute approximate surface area is 187 Å². The smallest absolute Gasteiger partial charge is 0.246 e. The molecule has 0 saturated carbocycles. The lowest BCUT2D eigenvalue weighted by atomic mass is 10.0. The van der Waals surface area contributed by atoms with Crippen LogP contribution in [0.25, 0.3) is 11.1 Å². The Morgan fingerprint density at radius 2 is 1.53 bits per heavy atom. The third kappa shape index (κ3) is 5.57. The summed E-state index contributed by atoms with van der Waals surface area (Å²) in [7, 11) is -0.568. The second-order valence-corrected chi connectivity index (χ2v) is 8.63. The van der Waals surface area contributed by atoms with Crippen LogP contribution in [0.3, 0.4) is 0 Å². The van der Waals surface area contributed by atoms with E-state index in [1.54, 1.807) is 21.1 Å². The molecular weight excluding hydrogens is 430 g/mol. The Bertz CT molecular complexity index is 1190. The predicted molar refractivity (Wildman–Crippen MR) is 125 cm³/mol. The summed E-state index contributed by atoms with van der Waals surface area (Å²) < 4.78 is 33.4. The first kappa shape index (κ1) is 23.1. The molecule has 4 N–H and O–H groups in total. The summed E-state index contributed by atoms with van der Waals surface area (Å²) >= 11 is 0. The number of benzene rings is 3. The van der Waals surface area contributed by atoms with Crippen LogP contribution in [-0.2, 0) is 14.8 Å². The van der Waals surface area contributed by atoms with E-state index in [0.717, 1.165) is 22.6 Å². The van der Waals surface area contributed by atoms with Crippen LogP contribution in [0.1, 0.15) is 6.92 Å². The molecule has 8 nitrogen and oxygen atoms in total. The van der Waals surface area contributed by atoms with Gasteiger partial charge in [-0.2, -0.15) is 0 Å². The van der Waals surface area contributed by atoms with Crippen molar-refractivity contribution in [2.45, 2.75) is 17.9 Å². The minimum atomic E-state index is -3.78. The van der Waals surface area contributed by atoms with E-state index in [2.05, 4.69) is 10.6 Å². The van der Waals surface area contributed by atoms with Crippen LogP contribution in [-0.4, -0.2) is 34.6 Å². The summed E-state index contributed by atoms with van der Waals surface area (Å²) in [6.45, 7) is 1.73. The lowest BCUT2D eigenvalue weighted by Crippen LogP contribution is -2.31. The van der Waals surface area contributed by atoms with E-state index >= 15 is 0 Å². The van der Waals surface area contributed by atoms with Crippen LogP contribution in [0.5, 0.6) is 11.5 Å². The monoisotopic (exact) mass is 455 g/mol. The number of carbonyl (C=O) groups is 1. The van der Waals surface area contributed by atoms with Gasteiger partial charge in [0.15, 0.2) is 0 Å². The average molecular weight is 456 g/mol. The summed E-state index contributed by atoms with van der Waals surface area (Å²) in [5, 5.41) is 11.0. The standard InChI is InChI=1S/C23H25N3O5S/c1-15(23(27)26-17-6-11-20(12-7-17)32(24,28)29)25-18-8-13-22(31-3)21(14-18)16-4-9-19(30-2)10-5-16/h4-15,25H,1-3H3,(H,26,27)(H2,24,28,29)/t15-/m0/s1. The van der Waals surface area contributed by atoms with Crippen LogP contribution in [0.4, 0.5) is 11.4 Å². The number of anilines is 2. The Morgan fingerprint density at radius 1 is 0.906 bits per heavy atom. The molecule has 3 aromatic rings. The zero-order valence-corrected chi connectivity index (χ0v) is 18.8. The Balaban J connectivity index is 1.73. The molecule has 0 aliphatic heterocycles. The lowest BCUT2D eigenvalue weighted by Gasteiger charge is -2.17. The first-order chi connectivity index (χ1) is 15.2. The third-order valence-electron chi connectivity index (χ3n) is 4.83. The summed E-state index contributed by atoms with van der Waals surface area (Å²) in [5.74, 6) is 1.17. The van der Waals surface area contributed by atoms with Gasteiger partial charge in [-0.05, 0) is 67.1 Å². The molecule has 168 valence electrons. The van der Waals surface area contributed by atoms with E-state index in [1.165, 1.54) is 24.3 Å². The maximum absolute atomic E-state index is 12.6. The van der Waals surface area contributed by atoms with E-state index in [0.29, 0.717) is 11.4 Å². The fourth-order valence-electron chi connectivity index (χ4n) is 3.09. The predicted octanol–water partition coefficient (Wildman–Crippen LogP) is 3.46. The number of hydrogen-bond donors (Lipinski definition) is 3. The third-order valence-corrected chi connectivity index (χ3v) is 5.76. The number of rotatable bonds is 8. The van der Waals surface area contributed by atoms with Crippen molar-refractivity contribution in [1.82, 2.24) is 0 Å². The molecular formula is C23H25N3O5S. The largest absolute Gasteiger partial charge is 0.497 e. The van der Waals surface area contributed by atoms with Crippen molar-refractivity contribution in [1.29, 1.82) is 0 Å². The van der Waals surface area contributed by atoms with Gasteiger partial charge in [0.25, 0.3) is 0 Å². The maximum Gasteiger partial charge on any atom is 0.246 e. The number of nitrogens with one attached hydrogen (secondary N) is 2. The van der Waals surface area contributed by atoms with Gasteiger partial charge in [-0.3, -0.25) is 4.79 Å². The highest BCUT2D eigenvalue weighted by molar-refractivity contribution is 7.89. The second-order valence-electron chi connectivity index (χ2n) is 7.07. The number of ether oxygens (including phenoxy) is 2. The lowest BCUT2D eigenvalue weighted by molar-refractivity contribution is -0.116. The van der Waals surface area contributed by atoms with Crippen molar-refractivity contribution < 1.29 is 22.7 Å². The van der Waals surface area contributed by atoms with Crippen molar-refractivity contribution in [3.63, 3.8) is 0 Å². The molecule has 0 unspecified atom stereocenters. The molecule has 0 radical (unpaired) electrons. The minimum absolute atomic E-state index is 0.0223. The van der Waals surface area contributed by atoms with Gasteiger partial charge in [-0.15, -0.1) is 0 Å². The van der Waals surface area contributed by atoms with Crippen molar-refractivity contribution in [2.75, 3.05) is 24.9 Å². The summed E-state index contributed by atoms with van der Waals surface area (Å²) in [6, 6.07) is 18.3. The van der Waals surface area contributed by atoms with Gasteiger partial charge < -0.3 is 20.1 Å². The number of nitrogens with two attached hydrogens (primary N) is 1. The Morgan fingerprint density at radius 3 is 2.09 bits per heavy atom. The molecule has 1 atom stereocenters. The van der Waals surface area contributed by atoms with Crippen LogP contribution in [0.2, 0.25) is 0 Å². The Kier molecular flexibility index (Phi) is 7.01. The Hall–Kier alpha value is -3.56. The van der Waals surface area contributed by atoms with Crippen LogP contribution < -0.4 is 25.2 Å². The zero-order chi connectivity index (χ0) is 23.3. The summed E-state index contributed by atoms with van der Waals surface area (Å²) in [6.07, 6.45) is 0. The first-order valence-electron chi connectivity index (χ1n) is 9.74. The van der Waals surface area contributed by atoms with Gasteiger partial charge in [0.05, 0.1) is 19.1 Å². The molecule has 0 aromatic heterocycles. The highest BCUT2D eigenvalue weighted by Crippen LogP contribution is 2.33. The normalized spacial score (nSPS) is 12.0. The molecule has 0 spiro atoms. The van der Waals surface area contributed by atoms with Gasteiger partial charge in [-0.1, -0.05) is 12.1 Å². The molecule has 0 aliphatic carbocycles. The summed E-state index contributed by atoms with van der Waals surface area (Å²) in [4.78, 5) is 12.6. The molecule has 3 rings (SSSR count). The molecule has 0 aliphatic rings. The van der Waals surface area contributed by atoms with Crippen molar-refractivity contribution >= 4 is 27.3 Å². The summed E-state index contributed by atoms with van der Waals surface area (Å²) in [5.41, 5.74) is 3.01. The number of amides is 1. The van der Waals surface area contributed by atoms with E-state index < -0.39 is 16.1 Å². The van der Waals surface area contributed by atoms with E-state index in [-0.39, 0.29) is 10.8 Å². The average Bonchev–Trinajstić information content (AvgIpc) is 2.78. The number of methoxy groups -OCH3 is 2. The van der Waals surface area contributed by atoms with Crippen LogP contribution in [0.15, 0.2) is 71.6 Å². The SMILES string of the molecule is COc1ccc(-c2cc(N[C@@H](C)C(=O)Nc3ccc(S(N)(=O)=O)cc3)ccc2OC)cc1. The highest BCUT2D eigenvalue weighted by atomic mass is 32.2. The van der Waals surface area contributed by atoms with E-state index in [9.17, 15) is 13.2 Å². The highest BCUT2D eigenvalue weighted by Gasteiger charge is 2.15. The number of carbonyl (C=O) groups excluding carboxylic acids is 1. The van der Waals surface area contributed by atoms with Gasteiger partial charge in [0, 0.05) is 16.9 Å². The molecule has 0 saturated heterocycles. The van der Waals surface area contributed by atoms with Crippen molar-refractivity contribution in [2.24, 2.45) is 5.14 Å². The molecule has 1 amide bonds. The van der Waals surface area contributed by atoms with Crippen molar-refractivity contribution in [3.05, 3.63) is 66.7 Å². The quantitative estimate of drug-likeness (QED) is 0.479. The van der Waals surface area contributed by atoms with Gasteiger partial charge in [0.2, 0.25) is 15.9 Å². The number of sulfonamides is 1. The van der Waals surface area contributed by atoms with Gasteiger partial charge >= 0.3 is 0 Å². The molecule has 0 bridgehead atoms. The zero-order valence-electron chi connectivity index (χ0n) is 18.0. The van der Waals surface area contributed by atoms with Crippen molar-refractivity contribution in [3.8, 4) is 22.6 Å². The van der Waals surface area contributed by atoms with Gasteiger partial charge in [-0.25, -0.2) is 13.6 Å². The van der Waals surface area contributed by atoms with Gasteiger partial charge in [0.1, 0.15) is 17.5 Å². The van der Waals surface area contributed by atoms with E-state index in [1.807, 2.05) is 42.5 Å². The first-order valence-corrected chi connectivity index (χ1v) is 11.3. The number of primary sulfonamides is 1. The molecule has 3 aromatic carbocycles. The fourth-order valence-corrected chi connectivity index (χ4v) is 3.60. The van der Waals surface area contributed by atoms with Crippen LogP contribution in [0, 0.1) is 0 Å². The fraction of sp³-hybridized carbons (Fsp3) is 0.174. The maximum atomic E-state index is 12.6. The molecule has 0 heterocycles. The molecule has 32 heavy (non-hydrogen) atoms. The topological polar surface area (TPSA) is 120 Å². The molecule has 9 heteroatoms. The minimum Gasteiger partial charge on any atom is -0.497 e. The second kappa shape index (κ2) is 9.71. The molecule has 0 fully saturated rings. The number of hydrogen-bond acceptors (Lipinski definition) is 6. The van der Waals surface area contributed by atoms with Crippen LogP contribution >= 0.6 is 0 Å². The van der Waals surface area contributed by atoms with E-state index in [4.69, 9.17) is 14.6 Å².